The average Bonchev–Trinajstić information content (AvgIpc) is 2.77. The van der Waals surface area contributed by atoms with E-state index in [0.29, 0.717) is 0 Å². The summed E-state index contributed by atoms with van der Waals surface area (Å²) in [6, 6.07) is -0.431. The first-order chi connectivity index (χ1) is 9.03. The van der Waals surface area contributed by atoms with Crippen LogP contribution in [-0.4, -0.2) is 35.8 Å². The van der Waals surface area contributed by atoms with Gasteiger partial charge >= 0.3 is 0 Å². The molecule has 0 aliphatic carbocycles. The second-order valence-corrected chi connectivity index (χ2v) is 7.85. The minimum absolute atomic E-state index is 0.0347. The SMILES string of the molecule is CC(NC(=O)C(C)(C)CC(C)(C)C)C(=O)N1CCCC1. The summed E-state index contributed by atoms with van der Waals surface area (Å²) in [6.45, 7) is 13.7. The maximum Gasteiger partial charge on any atom is 0.244 e. The molecule has 2 amide bonds. The highest BCUT2D eigenvalue weighted by atomic mass is 16.2. The second kappa shape index (κ2) is 6.15. The highest BCUT2D eigenvalue weighted by Crippen LogP contribution is 2.33. The lowest BCUT2D eigenvalue weighted by atomic mass is 9.75. The molecule has 1 atom stereocenters. The fraction of sp³-hybridized carbons (Fsp3) is 0.875. The predicted octanol–water partition coefficient (Wildman–Crippen LogP) is 2.58. The largest absolute Gasteiger partial charge is 0.344 e. The Kier molecular flexibility index (Phi) is 5.22. The maximum absolute atomic E-state index is 12.4. The number of rotatable bonds is 4. The Labute approximate surface area is 123 Å². The number of amides is 2. The number of likely N-dealkylation sites (tertiary alicyclic amines) is 1. The summed E-state index contributed by atoms with van der Waals surface area (Å²) in [5.74, 6) is 0.00915. The highest BCUT2D eigenvalue weighted by molar-refractivity contribution is 5.89. The van der Waals surface area contributed by atoms with E-state index in [9.17, 15) is 9.59 Å². The van der Waals surface area contributed by atoms with Crippen LogP contribution >= 0.6 is 0 Å². The molecule has 1 unspecified atom stereocenters. The van der Waals surface area contributed by atoms with Crippen LogP contribution in [0.2, 0.25) is 0 Å². The molecular weight excluding hydrogens is 252 g/mol. The molecule has 1 heterocycles. The number of carbonyl (C=O) groups is 2. The van der Waals surface area contributed by atoms with Crippen LogP contribution in [0, 0.1) is 10.8 Å². The molecule has 1 aliphatic heterocycles. The smallest absolute Gasteiger partial charge is 0.244 e. The van der Waals surface area contributed by atoms with Crippen LogP contribution in [0.1, 0.15) is 60.8 Å². The van der Waals surface area contributed by atoms with Gasteiger partial charge in [-0.2, -0.15) is 0 Å². The fourth-order valence-corrected chi connectivity index (χ4v) is 3.07. The Morgan fingerprint density at radius 2 is 1.60 bits per heavy atom. The lowest BCUT2D eigenvalue weighted by Crippen LogP contribution is -2.50. The van der Waals surface area contributed by atoms with E-state index in [-0.39, 0.29) is 17.2 Å². The van der Waals surface area contributed by atoms with Crippen LogP contribution in [0.4, 0.5) is 0 Å². The molecule has 1 fully saturated rings. The summed E-state index contributed by atoms with van der Waals surface area (Å²) in [4.78, 5) is 26.4. The summed E-state index contributed by atoms with van der Waals surface area (Å²) in [5.41, 5.74) is -0.374. The van der Waals surface area contributed by atoms with Gasteiger partial charge in [0, 0.05) is 18.5 Å². The van der Waals surface area contributed by atoms with Crippen LogP contribution in [0.25, 0.3) is 0 Å². The van der Waals surface area contributed by atoms with E-state index in [4.69, 9.17) is 0 Å². The zero-order valence-corrected chi connectivity index (χ0v) is 13.9. The fourth-order valence-electron chi connectivity index (χ4n) is 3.07. The van der Waals surface area contributed by atoms with Gasteiger partial charge in [0.2, 0.25) is 11.8 Å². The molecule has 0 radical (unpaired) electrons. The summed E-state index contributed by atoms with van der Waals surface area (Å²) in [5, 5.41) is 2.89. The Bertz CT molecular complexity index is 363. The van der Waals surface area contributed by atoms with Crippen molar-refractivity contribution in [2.24, 2.45) is 10.8 Å². The van der Waals surface area contributed by atoms with Gasteiger partial charge in [-0.1, -0.05) is 34.6 Å². The van der Waals surface area contributed by atoms with Gasteiger partial charge in [0.15, 0.2) is 0 Å². The summed E-state index contributed by atoms with van der Waals surface area (Å²) in [6.07, 6.45) is 2.93. The first-order valence-corrected chi connectivity index (χ1v) is 7.63. The quantitative estimate of drug-likeness (QED) is 0.861. The molecule has 20 heavy (non-hydrogen) atoms. The van der Waals surface area contributed by atoms with Gasteiger partial charge in [-0.05, 0) is 31.6 Å². The molecule has 1 rings (SSSR count). The summed E-state index contributed by atoms with van der Waals surface area (Å²) in [7, 11) is 0. The van der Waals surface area contributed by atoms with Gasteiger partial charge in [-0.15, -0.1) is 0 Å². The van der Waals surface area contributed by atoms with Crippen molar-refractivity contribution in [2.45, 2.75) is 66.8 Å². The van der Waals surface area contributed by atoms with Gasteiger partial charge in [-0.25, -0.2) is 0 Å². The Morgan fingerprint density at radius 3 is 2.05 bits per heavy atom. The zero-order chi connectivity index (χ0) is 15.6. The molecule has 0 spiro atoms. The summed E-state index contributed by atoms with van der Waals surface area (Å²) < 4.78 is 0. The van der Waals surface area contributed by atoms with Crippen LogP contribution in [-0.2, 0) is 9.59 Å². The number of nitrogens with zero attached hydrogens (tertiary/aromatic N) is 1. The lowest BCUT2D eigenvalue weighted by Gasteiger charge is -2.32. The topological polar surface area (TPSA) is 49.4 Å². The number of hydrogen-bond acceptors (Lipinski definition) is 2. The van der Waals surface area contributed by atoms with Crippen molar-refractivity contribution in [3.05, 3.63) is 0 Å². The van der Waals surface area contributed by atoms with Crippen LogP contribution in [0.3, 0.4) is 0 Å². The lowest BCUT2D eigenvalue weighted by molar-refractivity contribution is -0.138. The molecule has 1 saturated heterocycles. The van der Waals surface area contributed by atoms with E-state index in [1.807, 2.05) is 18.7 Å². The predicted molar refractivity (Wildman–Crippen MR) is 81.3 cm³/mol. The molecule has 0 bridgehead atoms. The minimum atomic E-state index is -0.461. The molecule has 1 N–H and O–H groups in total. The Morgan fingerprint density at radius 1 is 1.10 bits per heavy atom. The van der Waals surface area contributed by atoms with E-state index >= 15 is 0 Å². The van der Waals surface area contributed by atoms with E-state index in [1.54, 1.807) is 6.92 Å². The van der Waals surface area contributed by atoms with E-state index in [0.717, 1.165) is 32.4 Å². The Balaban J connectivity index is 2.58. The van der Waals surface area contributed by atoms with Gasteiger partial charge in [-0.3, -0.25) is 9.59 Å². The molecular formula is C16H30N2O2. The first-order valence-electron chi connectivity index (χ1n) is 7.63. The zero-order valence-electron chi connectivity index (χ0n) is 13.9. The van der Waals surface area contributed by atoms with Crippen molar-refractivity contribution in [3.63, 3.8) is 0 Å². The monoisotopic (exact) mass is 282 g/mol. The van der Waals surface area contributed by atoms with E-state index in [2.05, 4.69) is 26.1 Å². The van der Waals surface area contributed by atoms with Gasteiger partial charge in [0.05, 0.1) is 0 Å². The maximum atomic E-state index is 12.4. The Hall–Kier alpha value is -1.06. The van der Waals surface area contributed by atoms with Crippen molar-refractivity contribution in [1.82, 2.24) is 10.2 Å². The molecule has 4 heteroatoms. The molecule has 1 aliphatic rings. The van der Waals surface area contributed by atoms with Crippen molar-refractivity contribution < 1.29 is 9.59 Å². The first kappa shape index (κ1) is 17.0. The normalized spacial score (nSPS) is 18.0. The highest BCUT2D eigenvalue weighted by Gasteiger charge is 2.34. The van der Waals surface area contributed by atoms with Gasteiger partial charge in [0.25, 0.3) is 0 Å². The van der Waals surface area contributed by atoms with Crippen LogP contribution in [0.5, 0.6) is 0 Å². The standard InChI is InChI=1S/C16H30N2O2/c1-12(13(19)18-9-7-8-10-18)17-14(20)16(5,6)11-15(2,3)4/h12H,7-11H2,1-6H3,(H,17,20). The van der Waals surface area contributed by atoms with Crippen molar-refractivity contribution in [3.8, 4) is 0 Å². The van der Waals surface area contributed by atoms with Crippen molar-refractivity contribution in [2.75, 3.05) is 13.1 Å². The van der Waals surface area contributed by atoms with Crippen LogP contribution < -0.4 is 5.32 Å². The third-order valence-electron chi connectivity index (χ3n) is 3.72. The second-order valence-electron chi connectivity index (χ2n) is 7.85. The van der Waals surface area contributed by atoms with Crippen molar-refractivity contribution in [1.29, 1.82) is 0 Å². The van der Waals surface area contributed by atoms with Gasteiger partial charge < -0.3 is 10.2 Å². The summed E-state index contributed by atoms with van der Waals surface area (Å²) >= 11 is 0. The molecule has 0 saturated carbocycles. The molecule has 4 nitrogen and oxygen atoms in total. The average molecular weight is 282 g/mol. The number of hydrogen-bond donors (Lipinski definition) is 1. The van der Waals surface area contributed by atoms with Gasteiger partial charge in [0.1, 0.15) is 6.04 Å². The molecule has 0 aromatic rings. The van der Waals surface area contributed by atoms with E-state index in [1.165, 1.54) is 0 Å². The van der Waals surface area contributed by atoms with Crippen LogP contribution in [0.15, 0.2) is 0 Å². The van der Waals surface area contributed by atoms with E-state index < -0.39 is 11.5 Å². The molecule has 116 valence electrons. The van der Waals surface area contributed by atoms with Crippen molar-refractivity contribution >= 4 is 11.8 Å². The minimum Gasteiger partial charge on any atom is -0.344 e. The third-order valence-corrected chi connectivity index (χ3v) is 3.72. The third kappa shape index (κ3) is 4.80. The molecule has 0 aromatic heterocycles. The number of carbonyl (C=O) groups excluding carboxylic acids is 2. The molecule has 0 aromatic carbocycles. The number of nitrogens with one attached hydrogen (secondary N) is 1.